The van der Waals surface area contributed by atoms with Crippen LogP contribution in [0.5, 0.6) is 11.6 Å². The van der Waals surface area contributed by atoms with Crippen LogP contribution in [0.15, 0.2) is 53.7 Å². The number of anilines is 1. The Balaban J connectivity index is 1.74. The number of benzene rings is 2. The molecule has 1 atom stereocenters. The second kappa shape index (κ2) is 7.84. The molecule has 0 radical (unpaired) electrons. The first kappa shape index (κ1) is 17.6. The minimum Gasteiger partial charge on any atom is -0.508 e. The number of hydrogen-bond acceptors (Lipinski definition) is 7. The molecule has 0 fully saturated rings. The summed E-state index contributed by atoms with van der Waals surface area (Å²) < 4.78 is 6.18. The molecule has 7 heteroatoms. The third kappa shape index (κ3) is 3.83. The quantitative estimate of drug-likeness (QED) is 0.493. The molecule has 1 aliphatic heterocycles. The monoisotopic (exact) mass is 380 g/mol. The third-order valence-electron chi connectivity index (χ3n) is 4.24. The van der Waals surface area contributed by atoms with E-state index in [1.165, 1.54) is 0 Å². The van der Waals surface area contributed by atoms with Crippen LogP contribution in [0, 0.1) is 0 Å². The molecule has 0 amide bonds. The summed E-state index contributed by atoms with van der Waals surface area (Å²) in [6.07, 6.45) is 1.73. The van der Waals surface area contributed by atoms with Gasteiger partial charge in [-0.05, 0) is 24.6 Å². The maximum Gasteiger partial charge on any atom is 0.247 e. The number of hydrogen-bond donors (Lipinski definition) is 2. The van der Waals surface area contributed by atoms with Crippen molar-refractivity contribution >= 4 is 17.4 Å². The van der Waals surface area contributed by atoms with Gasteiger partial charge in [0, 0.05) is 22.6 Å². The van der Waals surface area contributed by atoms with Crippen LogP contribution in [-0.4, -0.2) is 26.0 Å². The molecule has 2 heterocycles. The van der Waals surface area contributed by atoms with Crippen LogP contribution in [0.1, 0.15) is 31.6 Å². The van der Waals surface area contributed by atoms with Crippen LogP contribution in [0.2, 0.25) is 0 Å². The molecule has 0 aliphatic carbocycles. The van der Waals surface area contributed by atoms with Crippen LogP contribution in [0.4, 0.5) is 5.69 Å². The standard InChI is InChI=1S/C20H20N4O2S/c1-2-3-11-27-20-22-19-17(23-24-20)15-9-4-5-10-16(15)21-18(26-19)13-7-6-8-14(25)12-13/h4-10,12,18,21,25H,2-3,11H2,1H3/t18-/m0/s1. The summed E-state index contributed by atoms with van der Waals surface area (Å²) in [5, 5.41) is 22.5. The first-order valence-corrected chi connectivity index (χ1v) is 9.92. The maximum absolute atomic E-state index is 9.84. The minimum atomic E-state index is -0.496. The van der Waals surface area contributed by atoms with Gasteiger partial charge in [-0.2, -0.15) is 4.98 Å². The first-order valence-electron chi connectivity index (χ1n) is 8.93. The highest BCUT2D eigenvalue weighted by atomic mass is 32.2. The lowest BCUT2D eigenvalue weighted by atomic mass is 10.1. The Morgan fingerprint density at radius 1 is 1.15 bits per heavy atom. The zero-order valence-electron chi connectivity index (χ0n) is 14.9. The highest BCUT2D eigenvalue weighted by Crippen LogP contribution is 2.39. The minimum absolute atomic E-state index is 0.187. The fraction of sp³-hybridized carbons (Fsp3) is 0.250. The van der Waals surface area contributed by atoms with Crippen molar-refractivity contribution < 1.29 is 9.84 Å². The summed E-state index contributed by atoms with van der Waals surface area (Å²) in [5.41, 5.74) is 3.18. The number of aromatic nitrogens is 3. The maximum atomic E-state index is 9.84. The fourth-order valence-electron chi connectivity index (χ4n) is 2.85. The normalized spacial score (nSPS) is 15.1. The van der Waals surface area contributed by atoms with Crippen molar-refractivity contribution in [2.45, 2.75) is 31.1 Å². The topological polar surface area (TPSA) is 80.2 Å². The van der Waals surface area contributed by atoms with Crippen LogP contribution in [0.3, 0.4) is 0 Å². The molecule has 0 bridgehead atoms. The van der Waals surface area contributed by atoms with Crippen LogP contribution in [-0.2, 0) is 0 Å². The number of nitrogens with zero attached hydrogens (tertiary/aromatic N) is 3. The van der Waals surface area contributed by atoms with Gasteiger partial charge < -0.3 is 15.2 Å². The Labute approximate surface area is 162 Å². The smallest absolute Gasteiger partial charge is 0.247 e. The lowest BCUT2D eigenvalue weighted by Gasteiger charge is -2.19. The van der Waals surface area contributed by atoms with Crippen LogP contribution in [0.25, 0.3) is 11.3 Å². The number of nitrogens with one attached hydrogen (secondary N) is 1. The van der Waals surface area contributed by atoms with Crippen LogP contribution >= 0.6 is 11.8 Å². The second-order valence-electron chi connectivity index (χ2n) is 6.23. The average Bonchev–Trinajstić information content (AvgIpc) is 2.85. The van der Waals surface area contributed by atoms with Crippen LogP contribution < -0.4 is 10.1 Å². The van der Waals surface area contributed by atoms with Gasteiger partial charge in [-0.3, -0.25) is 0 Å². The average molecular weight is 380 g/mol. The summed E-state index contributed by atoms with van der Waals surface area (Å²) >= 11 is 1.58. The Kier molecular flexibility index (Phi) is 5.11. The molecule has 6 nitrogen and oxygen atoms in total. The third-order valence-corrected chi connectivity index (χ3v) is 5.16. The summed E-state index contributed by atoms with van der Waals surface area (Å²) in [5.74, 6) is 1.57. The molecule has 2 N–H and O–H groups in total. The molecule has 0 saturated heterocycles. The predicted octanol–water partition coefficient (Wildman–Crippen LogP) is 4.64. The van der Waals surface area contributed by atoms with Crippen molar-refractivity contribution in [3.8, 4) is 22.9 Å². The van der Waals surface area contributed by atoms with E-state index in [1.807, 2.05) is 30.3 Å². The number of thioether (sulfide) groups is 1. The van der Waals surface area contributed by atoms with Crippen molar-refractivity contribution in [2.75, 3.05) is 11.1 Å². The van der Waals surface area contributed by atoms with Gasteiger partial charge in [0.15, 0.2) is 11.9 Å². The Bertz CT molecular complexity index is 951. The number of aromatic hydroxyl groups is 1. The molecule has 1 aromatic heterocycles. The van der Waals surface area contributed by atoms with Gasteiger partial charge in [0.05, 0.1) is 0 Å². The molecule has 0 unspecified atom stereocenters. The Morgan fingerprint density at radius 2 is 2.04 bits per heavy atom. The van der Waals surface area contributed by atoms with Gasteiger partial charge in [0.2, 0.25) is 11.0 Å². The molecule has 4 rings (SSSR count). The molecule has 0 saturated carbocycles. The summed E-state index contributed by atoms with van der Waals surface area (Å²) in [6, 6.07) is 14.8. The number of phenolic OH excluding ortho intramolecular Hbond substituents is 1. The first-order chi connectivity index (χ1) is 13.2. The molecule has 2 aromatic carbocycles. The van der Waals surface area contributed by atoms with Crippen molar-refractivity contribution in [1.82, 2.24) is 15.2 Å². The van der Waals surface area contributed by atoms with E-state index in [4.69, 9.17) is 4.74 Å². The lowest BCUT2D eigenvalue weighted by Crippen LogP contribution is -2.17. The largest absolute Gasteiger partial charge is 0.508 e. The molecule has 138 valence electrons. The van der Waals surface area contributed by atoms with Crippen molar-refractivity contribution in [1.29, 1.82) is 0 Å². The van der Waals surface area contributed by atoms with Crippen molar-refractivity contribution in [2.24, 2.45) is 0 Å². The molecule has 1 aliphatic rings. The molecular formula is C20H20N4O2S. The van der Waals surface area contributed by atoms with Gasteiger partial charge in [0.1, 0.15) is 5.75 Å². The van der Waals surface area contributed by atoms with E-state index in [1.54, 1.807) is 30.0 Å². The summed E-state index contributed by atoms with van der Waals surface area (Å²) in [7, 11) is 0. The molecule has 27 heavy (non-hydrogen) atoms. The summed E-state index contributed by atoms with van der Waals surface area (Å²) in [4.78, 5) is 4.61. The van der Waals surface area contributed by atoms with Gasteiger partial charge in [-0.15, -0.1) is 10.2 Å². The molecule has 3 aromatic rings. The van der Waals surface area contributed by atoms with Crippen molar-refractivity contribution in [3.05, 3.63) is 54.1 Å². The van der Waals surface area contributed by atoms with E-state index in [0.29, 0.717) is 16.7 Å². The Hall–Kier alpha value is -2.80. The number of unbranched alkanes of at least 4 members (excludes halogenated alkanes) is 1. The van der Waals surface area contributed by atoms with Gasteiger partial charge in [-0.25, -0.2) is 0 Å². The molecular weight excluding hydrogens is 360 g/mol. The SMILES string of the molecule is CCCCSc1nnc2c(n1)O[C@@H](c1cccc(O)c1)Nc1ccccc1-2. The Morgan fingerprint density at radius 3 is 2.89 bits per heavy atom. The van der Waals surface area contributed by atoms with Gasteiger partial charge in [0.25, 0.3) is 0 Å². The number of fused-ring (bicyclic) bond motifs is 3. The zero-order valence-corrected chi connectivity index (χ0v) is 15.7. The van der Waals surface area contributed by atoms with E-state index in [0.717, 1.165) is 35.4 Å². The second-order valence-corrected chi connectivity index (χ2v) is 7.30. The highest BCUT2D eigenvalue weighted by Gasteiger charge is 2.26. The zero-order chi connectivity index (χ0) is 18.6. The lowest BCUT2D eigenvalue weighted by molar-refractivity contribution is 0.225. The highest BCUT2D eigenvalue weighted by molar-refractivity contribution is 7.99. The van der Waals surface area contributed by atoms with E-state index in [9.17, 15) is 5.11 Å². The van der Waals surface area contributed by atoms with Crippen molar-refractivity contribution in [3.63, 3.8) is 0 Å². The van der Waals surface area contributed by atoms with E-state index in [2.05, 4.69) is 27.4 Å². The number of rotatable bonds is 5. The van der Waals surface area contributed by atoms with E-state index >= 15 is 0 Å². The number of phenols is 1. The van der Waals surface area contributed by atoms with Gasteiger partial charge >= 0.3 is 0 Å². The van der Waals surface area contributed by atoms with E-state index < -0.39 is 6.23 Å². The fourth-order valence-corrected chi connectivity index (χ4v) is 3.72. The number of ether oxygens (including phenoxy) is 1. The number of para-hydroxylation sites is 1. The summed E-state index contributed by atoms with van der Waals surface area (Å²) in [6.45, 7) is 2.16. The molecule has 0 spiro atoms. The predicted molar refractivity (Wildman–Crippen MR) is 106 cm³/mol. The van der Waals surface area contributed by atoms with E-state index in [-0.39, 0.29) is 5.75 Å². The van der Waals surface area contributed by atoms with Gasteiger partial charge in [-0.1, -0.05) is 55.4 Å².